The van der Waals surface area contributed by atoms with E-state index in [0.717, 1.165) is 22.8 Å². The molecule has 6 heteroatoms. The maximum Gasteiger partial charge on any atom is 0.173 e. The Bertz CT molecular complexity index is 926. The fourth-order valence-corrected chi connectivity index (χ4v) is 3.65. The second kappa shape index (κ2) is 7.12. The number of aromatic amines is 1. The Kier molecular flexibility index (Phi) is 4.53. The zero-order valence-corrected chi connectivity index (χ0v) is 15.0. The number of H-pyrrole nitrogens is 1. The molecule has 6 nitrogen and oxygen atoms in total. The van der Waals surface area contributed by atoms with Crippen LogP contribution in [0.5, 0.6) is 5.75 Å². The molecule has 0 aliphatic heterocycles. The number of rotatable bonds is 5. The largest absolute Gasteiger partial charge is 0.494 e. The topological polar surface area (TPSA) is 78.1 Å². The maximum absolute atomic E-state index is 9.35. The van der Waals surface area contributed by atoms with Crippen LogP contribution in [0, 0.1) is 11.3 Å². The Hall–Kier alpha value is -2.94. The lowest BCUT2D eigenvalue weighted by Crippen LogP contribution is -2.23. The van der Waals surface area contributed by atoms with Crippen LogP contribution in [-0.2, 0) is 0 Å². The van der Waals surface area contributed by atoms with Crippen molar-refractivity contribution >= 4 is 11.5 Å². The van der Waals surface area contributed by atoms with Crippen LogP contribution in [0.3, 0.4) is 0 Å². The van der Waals surface area contributed by atoms with Crippen molar-refractivity contribution in [2.75, 3.05) is 11.9 Å². The number of nitrogens with zero attached hydrogens (tertiary/aromatic N) is 3. The summed E-state index contributed by atoms with van der Waals surface area (Å²) in [6.07, 6.45) is 7.87. The molecule has 0 amide bonds. The van der Waals surface area contributed by atoms with Crippen LogP contribution in [0.1, 0.15) is 44.6 Å². The quantitative estimate of drug-likeness (QED) is 0.718. The molecule has 1 aromatic carbocycles. The molecule has 2 aromatic heterocycles. The number of hydrogen-bond acceptors (Lipinski definition) is 4. The van der Waals surface area contributed by atoms with Crippen LogP contribution in [-0.4, -0.2) is 27.2 Å². The predicted octanol–water partition coefficient (Wildman–Crippen LogP) is 4.34. The van der Waals surface area contributed by atoms with Crippen molar-refractivity contribution in [1.82, 2.24) is 14.6 Å². The zero-order valence-electron chi connectivity index (χ0n) is 15.0. The van der Waals surface area contributed by atoms with Gasteiger partial charge in [0.2, 0.25) is 0 Å². The molecular formula is C20H23N5O. The van der Waals surface area contributed by atoms with Gasteiger partial charge in [-0.1, -0.05) is 19.3 Å². The fraction of sp³-hybridized carbons (Fsp3) is 0.400. The highest BCUT2D eigenvalue weighted by molar-refractivity contribution is 5.78. The highest BCUT2D eigenvalue weighted by atomic mass is 16.5. The van der Waals surface area contributed by atoms with Crippen molar-refractivity contribution in [1.29, 1.82) is 5.26 Å². The van der Waals surface area contributed by atoms with E-state index in [2.05, 4.69) is 16.5 Å². The summed E-state index contributed by atoms with van der Waals surface area (Å²) in [5, 5.41) is 16.2. The molecule has 2 heterocycles. The lowest BCUT2D eigenvalue weighted by Gasteiger charge is -2.23. The molecule has 4 rings (SSSR count). The standard InChI is InChI=1S/C20H23N5O/c1-2-26-17-10-8-14(9-11-17)18-20(23-16-6-4-3-5-7-16)25-19(24-18)15(12-21)13-22-25/h8-11,13,16,22-23H,2-7H2,1H3. The Morgan fingerprint density at radius 3 is 2.73 bits per heavy atom. The molecule has 1 aliphatic rings. The minimum Gasteiger partial charge on any atom is -0.494 e. The Balaban J connectivity index is 1.75. The molecule has 3 aromatic rings. The summed E-state index contributed by atoms with van der Waals surface area (Å²) in [5.74, 6) is 1.78. The van der Waals surface area contributed by atoms with E-state index in [4.69, 9.17) is 9.72 Å². The number of ether oxygens (including phenoxy) is 1. The molecule has 1 fully saturated rings. The van der Waals surface area contributed by atoms with E-state index in [0.29, 0.717) is 23.9 Å². The van der Waals surface area contributed by atoms with Gasteiger partial charge in [0.25, 0.3) is 0 Å². The molecule has 26 heavy (non-hydrogen) atoms. The van der Waals surface area contributed by atoms with Gasteiger partial charge in [0, 0.05) is 17.8 Å². The average Bonchev–Trinajstić information content (AvgIpc) is 3.23. The van der Waals surface area contributed by atoms with E-state index in [1.165, 1.54) is 32.1 Å². The second-order valence-corrected chi connectivity index (χ2v) is 6.70. The van der Waals surface area contributed by atoms with Crippen LogP contribution in [0.25, 0.3) is 16.9 Å². The highest BCUT2D eigenvalue weighted by Gasteiger charge is 2.21. The van der Waals surface area contributed by atoms with Gasteiger partial charge in [-0.05, 0) is 44.0 Å². The molecule has 1 saturated carbocycles. The van der Waals surface area contributed by atoms with Gasteiger partial charge in [0.15, 0.2) is 11.5 Å². The minimum absolute atomic E-state index is 0.443. The smallest absolute Gasteiger partial charge is 0.173 e. The van der Waals surface area contributed by atoms with Gasteiger partial charge in [0.05, 0.1) is 6.61 Å². The summed E-state index contributed by atoms with van der Waals surface area (Å²) in [7, 11) is 0. The number of imidazole rings is 1. The molecule has 0 saturated heterocycles. The summed E-state index contributed by atoms with van der Waals surface area (Å²) in [4.78, 5) is 4.76. The predicted molar refractivity (Wildman–Crippen MR) is 101 cm³/mol. The third-order valence-electron chi connectivity index (χ3n) is 4.96. The molecule has 2 N–H and O–H groups in total. The van der Waals surface area contributed by atoms with E-state index >= 15 is 0 Å². The van der Waals surface area contributed by atoms with Crippen LogP contribution in [0.2, 0.25) is 0 Å². The van der Waals surface area contributed by atoms with Gasteiger partial charge in [-0.2, -0.15) is 5.26 Å². The first-order chi connectivity index (χ1) is 12.8. The van der Waals surface area contributed by atoms with E-state index in [1.807, 2.05) is 35.7 Å². The first-order valence-corrected chi connectivity index (χ1v) is 9.30. The van der Waals surface area contributed by atoms with Crippen molar-refractivity contribution in [3.63, 3.8) is 0 Å². The number of nitriles is 1. The van der Waals surface area contributed by atoms with Gasteiger partial charge in [0.1, 0.15) is 23.1 Å². The summed E-state index contributed by atoms with van der Waals surface area (Å²) < 4.78 is 7.43. The first kappa shape index (κ1) is 16.5. The molecule has 0 spiro atoms. The third kappa shape index (κ3) is 3.01. The van der Waals surface area contributed by atoms with Gasteiger partial charge in [-0.15, -0.1) is 0 Å². The number of anilines is 1. The molecule has 134 valence electrons. The molecular weight excluding hydrogens is 326 g/mol. The van der Waals surface area contributed by atoms with Gasteiger partial charge < -0.3 is 10.1 Å². The molecule has 1 aliphatic carbocycles. The molecule has 0 unspecified atom stereocenters. The van der Waals surface area contributed by atoms with Gasteiger partial charge in [-0.25, -0.2) is 9.50 Å². The van der Waals surface area contributed by atoms with E-state index < -0.39 is 0 Å². The van der Waals surface area contributed by atoms with Crippen molar-refractivity contribution in [2.45, 2.75) is 45.1 Å². The van der Waals surface area contributed by atoms with Crippen molar-refractivity contribution in [3.8, 4) is 23.1 Å². The van der Waals surface area contributed by atoms with Gasteiger partial charge in [-0.3, -0.25) is 5.10 Å². The monoisotopic (exact) mass is 349 g/mol. The molecule has 0 atom stereocenters. The van der Waals surface area contributed by atoms with Crippen molar-refractivity contribution in [2.24, 2.45) is 0 Å². The number of fused-ring (bicyclic) bond motifs is 1. The first-order valence-electron chi connectivity index (χ1n) is 9.30. The average molecular weight is 349 g/mol. The number of aromatic nitrogens is 3. The van der Waals surface area contributed by atoms with Crippen LogP contribution in [0.15, 0.2) is 30.5 Å². The van der Waals surface area contributed by atoms with Crippen molar-refractivity contribution < 1.29 is 4.74 Å². The summed E-state index contributed by atoms with van der Waals surface area (Å²) >= 11 is 0. The Labute approximate surface area is 152 Å². The molecule has 0 bridgehead atoms. The summed E-state index contributed by atoms with van der Waals surface area (Å²) in [6, 6.07) is 10.6. The highest BCUT2D eigenvalue weighted by Crippen LogP contribution is 2.33. The number of nitrogens with one attached hydrogen (secondary N) is 2. The van der Waals surface area contributed by atoms with E-state index in [1.54, 1.807) is 6.20 Å². The van der Waals surface area contributed by atoms with Crippen LogP contribution >= 0.6 is 0 Å². The fourth-order valence-electron chi connectivity index (χ4n) is 3.65. The second-order valence-electron chi connectivity index (χ2n) is 6.70. The number of benzene rings is 1. The van der Waals surface area contributed by atoms with Crippen LogP contribution in [0.4, 0.5) is 5.82 Å². The van der Waals surface area contributed by atoms with Crippen molar-refractivity contribution in [3.05, 3.63) is 36.0 Å². The lowest BCUT2D eigenvalue weighted by molar-refractivity contribution is 0.340. The van der Waals surface area contributed by atoms with Crippen LogP contribution < -0.4 is 10.1 Å². The SMILES string of the molecule is CCOc1ccc(-c2nc3c(C#N)c[nH]n3c2NC2CCCCC2)cc1. The maximum atomic E-state index is 9.35. The third-order valence-corrected chi connectivity index (χ3v) is 4.96. The number of hydrogen-bond donors (Lipinski definition) is 2. The van der Waals surface area contributed by atoms with E-state index in [-0.39, 0.29) is 0 Å². The zero-order chi connectivity index (χ0) is 17.9. The minimum atomic E-state index is 0.443. The normalized spacial score (nSPS) is 15.1. The summed E-state index contributed by atoms with van der Waals surface area (Å²) in [6.45, 7) is 2.62. The Morgan fingerprint density at radius 2 is 2.04 bits per heavy atom. The molecule has 0 radical (unpaired) electrons. The summed E-state index contributed by atoms with van der Waals surface area (Å²) in [5.41, 5.74) is 3.08. The van der Waals surface area contributed by atoms with E-state index in [9.17, 15) is 5.26 Å². The lowest BCUT2D eigenvalue weighted by atomic mass is 9.95. The van der Waals surface area contributed by atoms with Gasteiger partial charge >= 0.3 is 0 Å². The Morgan fingerprint density at radius 1 is 1.27 bits per heavy atom.